The van der Waals surface area contributed by atoms with Crippen molar-refractivity contribution < 1.29 is 14.2 Å². The number of aliphatic hydroxyl groups excluding tert-OH is 1. The van der Waals surface area contributed by atoms with Crippen molar-refractivity contribution in [1.29, 1.82) is 0 Å². The number of para-hydroxylation sites is 1. The Kier molecular flexibility index (Phi) is 6.77. The largest absolute Gasteiger partial charge is 0.389 e. The summed E-state index contributed by atoms with van der Waals surface area (Å²) >= 11 is 0. The summed E-state index contributed by atoms with van der Waals surface area (Å²) in [4.78, 5) is 4.33. The number of anilines is 1. The molecule has 0 spiro atoms. The zero-order chi connectivity index (χ0) is 19.4. The van der Waals surface area contributed by atoms with Gasteiger partial charge in [-0.25, -0.2) is 4.39 Å². The summed E-state index contributed by atoms with van der Waals surface area (Å²) < 4.78 is 20.0. The molecule has 1 heterocycles. The van der Waals surface area contributed by atoms with Crippen LogP contribution in [0.5, 0.6) is 0 Å². The normalized spacial score (nSPS) is 27.5. The third-order valence-electron chi connectivity index (χ3n) is 5.91. The molecule has 152 valence electrons. The zero-order valence-corrected chi connectivity index (χ0v) is 17.0. The number of β-amino-alcohol motifs (C(OH)–C–C–N with tert-alkyl or cyclic N) is 1. The Balaban J connectivity index is 1.39. The van der Waals surface area contributed by atoms with E-state index in [4.69, 9.17) is 4.74 Å². The highest BCUT2D eigenvalue weighted by Gasteiger charge is 2.33. The van der Waals surface area contributed by atoms with Gasteiger partial charge in [-0.15, -0.1) is 0 Å². The fraction of sp³-hybridized carbons (Fsp3) is 0.727. The maximum absolute atomic E-state index is 13.9. The van der Waals surface area contributed by atoms with Gasteiger partial charge < -0.3 is 14.7 Å². The van der Waals surface area contributed by atoms with Gasteiger partial charge in [-0.05, 0) is 42.7 Å². The molecule has 3 atom stereocenters. The number of hydrogen-bond donors (Lipinski definition) is 1. The predicted molar refractivity (Wildman–Crippen MR) is 108 cm³/mol. The molecule has 4 nitrogen and oxygen atoms in total. The second-order valence-electron chi connectivity index (χ2n) is 9.26. The number of hydrogen-bond acceptors (Lipinski definition) is 4. The first-order valence-electron chi connectivity index (χ1n) is 10.3. The van der Waals surface area contributed by atoms with Crippen molar-refractivity contribution in [3.63, 3.8) is 0 Å². The molecule has 1 aromatic carbocycles. The Bertz CT molecular complexity index is 602. The van der Waals surface area contributed by atoms with E-state index in [-0.39, 0.29) is 11.9 Å². The maximum atomic E-state index is 13.9. The minimum absolute atomic E-state index is 0.163. The third-order valence-corrected chi connectivity index (χ3v) is 5.91. The fourth-order valence-corrected chi connectivity index (χ4v) is 4.86. The molecular weight excluding hydrogens is 343 g/mol. The van der Waals surface area contributed by atoms with Crippen molar-refractivity contribution in [3.8, 4) is 0 Å². The van der Waals surface area contributed by atoms with Gasteiger partial charge in [0.15, 0.2) is 0 Å². The van der Waals surface area contributed by atoms with Crippen LogP contribution in [0.4, 0.5) is 10.1 Å². The molecule has 2 aliphatic rings. The van der Waals surface area contributed by atoms with Crippen LogP contribution in [0, 0.1) is 17.2 Å². The van der Waals surface area contributed by atoms with Gasteiger partial charge in [0.25, 0.3) is 0 Å². The lowest BCUT2D eigenvalue weighted by molar-refractivity contribution is -0.0615. The molecule has 2 fully saturated rings. The molecule has 0 bridgehead atoms. The monoisotopic (exact) mass is 378 g/mol. The van der Waals surface area contributed by atoms with E-state index in [1.807, 2.05) is 12.1 Å². The van der Waals surface area contributed by atoms with Gasteiger partial charge in [0.1, 0.15) is 5.82 Å². The van der Waals surface area contributed by atoms with E-state index in [1.54, 1.807) is 6.07 Å². The van der Waals surface area contributed by atoms with Crippen LogP contribution in [0.1, 0.15) is 40.0 Å². The van der Waals surface area contributed by atoms with Crippen LogP contribution in [-0.2, 0) is 4.74 Å². The van der Waals surface area contributed by atoms with Crippen molar-refractivity contribution >= 4 is 5.69 Å². The Morgan fingerprint density at radius 2 is 1.89 bits per heavy atom. The van der Waals surface area contributed by atoms with E-state index in [9.17, 15) is 9.50 Å². The number of aliphatic hydroxyl groups is 1. The molecule has 5 heteroatoms. The van der Waals surface area contributed by atoms with Crippen LogP contribution in [-0.4, -0.2) is 61.5 Å². The second-order valence-corrected chi connectivity index (χ2v) is 9.26. The first-order chi connectivity index (χ1) is 12.8. The summed E-state index contributed by atoms with van der Waals surface area (Å²) in [7, 11) is 0. The van der Waals surface area contributed by atoms with Crippen LogP contribution in [0.2, 0.25) is 0 Å². The summed E-state index contributed by atoms with van der Waals surface area (Å²) in [5.41, 5.74) is 1.01. The van der Waals surface area contributed by atoms with Crippen LogP contribution < -0.4 is 4.90 Å². The van der Waals surface area contributed by atoms with Crippen LogP contribution >= 0.6 is 0 Å². The van der Waals surface area contributed by atoms with E-state index < -0.39 is 6.10 Å². The van der Waals surface area contributed by atoms with Gasteiger partial charge in [0.05, 0.1) is 24.5 Å². The smallest absolute Gasteiger partial charge is 0.146 e. The lowest BCUT2D eigenvalue weighted by Crippen LogP contribution is -2.49. The molecule has 0 radical (unpaired) electrons. The van der Waals surface area contributed by atoms with Crippen molar-refractivity contribution in [2.45, 2.75) is 52.2 Å². The molecule has 0 aromatic heterocycles. The average Bonchev–Trinajstić information content (AvgIpc) is 2.60. The Hall–Kier alpha value is -1.17. The van der Waals surface area contributed by atoms with Crippen molar-refractivity contribution in [1.82, 2.24) is 4.90 Å². The highest BCUT2D eigenvalue weighted by atomic mass is 19.1. The van der Waals surface area contributed by atoms with Crippen molar-refractivity contribution in [2.24, 2.45) is 11.3 Å². The van der Waals surface area contributed by atoms with Crippen LogP contribution in [0.15, 0.2) is 24.3 Å². The number of rotatable bonds is 6. The average molecular weight is 379 g/mol. The van der Waals surface area contributed by atoms with Gasteiger partial charge in [-0.1, -0.05) is 32.9 Å². The standard InChI is InChI=1S/C22H35FN2O2/c1-17-12-19(14-22(2,3)13-17)27-16-18(26)15-24-8-10-25(11-9-24)21-7-5-4-6-20(21)23/h4-7,17-19,26H,8-16H2,1-3H3/t17-,18+,19+/m1/s1. The molecule has 1 N–H and O–H groups in total. The summed E-state index contributed by atoms with van der Waals surface area (Å²) in [5, 5.41) is 10.4. The minimum Gasteiger partial charge on any atom is -0.389 e. The summed E-state index contributed by atoms with van der Waals surface area (Å²) in [6, 6.07) is 6.94. The van der Waals surface area contributed by atoms with Crippen molar-refractivity contribution in [3.05, 3.63) is 30.1 Å². The molecule has 3 rings (SSSR count). The molecule has 1 aliphatic carbocycles. The molecule has 0 amide bonds. The SMILES string of the molecule is C[C@@H]1C[C@H](OC[C@@H](O)CN2CCN(c3ccccc3F)CC2)CC(C)(C)C1. The Morgan fingerprint density at radius 1 is 1.19 bits per heavy atom. The molecule has 1 saturated heterocycles. The molecule has 1 aliphatic heterocycles. The van der Waals surface area contributed by atoms with E-state index in [0.29, 0.717) is 30.2 Å². The van der Waals surface area contributed by atoms with E-state index in [2.05, 4.69) is 30.6 Å². The summed E-state index contributed by atoms with van der Waals surface area (Å²) in [5.74, 6) is 0.520. The van der Waals surface area contributed by atoms with E-state index >= 15 is 0 Å². The maximum Gasteiger partial charge on any atom is 0.146 e. The van der Waals surface area contributed by atoms with Gasteiger partial charge in [-0.2, -0.15) is 0 Å². The van der Waals surface area contributed by atoms with Gasteiger partial charge in [0, 0.05) is 32.7 Å². The molecule has 1 saturated carbocycles. The molecule has 0 unspecified atom stereocenters. The fourth-order valence-electron chi connectivity index (χ4n) is 4.86. The number of piperazine rings is 1. The van der Waals surface area contributed by atoms with Crippen LogP contribution in [0.3, 0.4) is 0 Å². The predicted octanol–water partition coefficient (Wildman–Crippen LogP) is 3.54. The lowest BCUT2D eigenvalue weighted by atomic mass is 9.71. The van der Waals surface area contributed by atoms with Gasteiger partial charge in [0.2, 0.25) is 0 Å². The lowest BCUT2D eigenvalue weighted by Gasteiger charge is -2.39. The van der Waals surface area contributed by atoms with E-state index in [0.717, 1.165) is 39.0 Å². The highest BCUT2D eigenvalue weighted by Crippen LogP contribution is 2.39. The topological polar surface area (TPSA) is 35.9 Å². The molecular formula is C22H35FN2O2. The third kappa shape index (κ3) is 5.90. The molecule has 1 aromatic rings. The second kappa shape index (κ2) is 8.89. The van der Waals surface area contributed by atoms with Gasteiger partial charge in [-0.3, -0.25) is 4.90 Å². The van der Waals surface area contributed by atoms with Gasteiger partial charge >= 0.3 is 0 Å². The highest BCUT2D eigenvalue weighted by molar-refractivity contribution is 5.47. The summed E-state index contributed by atoms with van der Waals surface area (Å²) in [6.07, 6.45) is 3.21. The quantitative estimate of drug-likeness (QED) is 0.821. The zero-order valence-electron chi connectivity index (χ0n) is 17.0. The molecule has 27 heavy (non-hydrogen) atoms. The number of benzene rings is 1. The minimum atomic E-state index is -0.467. The number of ether oxygens (including phenoxy) is 1. The van der Waals surface area contributed by atoms with Crippen molar-refractivity contribution in [2.75, 3.05) is 44.2 Å². The number of nitrogens with zero attached hydrogens (tertiary/aromatic N) is 2. The first-order valence-corrected chi connectivity index (χ1v) is 10.3. The summed E-state index contributed by atoms with van der Waals surface area (Å²) in [6.45, 7) is 11.2. The Morgan fingerprint density at radius 3 is 2.56 bits per heavy atom. The van der Waals surface area contributed by atoms with Crippen LogP contribution in [0.25, 0.3) is 0 Å². The van der Waals surface area contributed by atoms with E-state index in [1.165, 1.54) is 12.5 Å². The first kappa shape index (κ1) is 20.6. The number of halogens is 1. The Labute approximate surface area is 163 Å².